The molecule has 0 aromatic rings. The van der Waals surface area contributed by atoms with Gasteiger partial charge in [0.05, 0.1) is 18.3 Å². The third-order valence-electron chi connectivity index (χ3n) is 11.1. The zero-order valence-electron chi connectivity index (χ0n) is 20.2. The Morgan fingerprint density at radius 3 is 2.20 bits per heavy atom. The summed E-state index contributed by atoms with van der Waals surface area (Å²) in [6.45, 7) is 11.7. The Balaban J connectivity index is 1.50. The van der Waals surface area contributed by atoms with E-state index in [1.807, 2.05) is 0 Å². The molecule has 0 spiro atoms. The lowest BCUT2D eigenvalue weighted by atomic mass is 9.43. The Hall–Kier alpha value is -0.120. The summed E-state index contributed by atoms with van der Waals surface area (Å²) in [6, 6.07) is 0. The maximum absolute atomic E-state index is 11.4. The van der Waals surface area contributed by atoms with Crippen molar-refractivity contribution in [3.63, 3.8) is 0 Å². The van der Waals surface area contributed by atoms with Gasteiger partial charge in [0.15, 0.2) is 0 Å². The van der Waals surface area contributed by atoms with Crippen molar-refractivity contribution in [3.8, 4) is 0 Å². The van der Waals surface area contributed by atoms with Crippen LogP contribution in [0.15, 0.2) is 0 Å². The smallest absolute Gasteiger partial charge is 0.0577 e. The SMILES string of the molecule is CC(C)[C@@H](O)CC[C@@H](C)[C@H]1CC[C@H]2[C@@H]3[C@H](O)C[C@@H]4C[C@H](O)CC[C@]4(C)[C@H]3CC[C@]12C. The standard InChI is InChI=1S/C27H48O3/c1-16(2)23(29)9-6-17(3)20-7-8-21-25-22(11-13-27(20,21)5)26(4)12-10-19(28)14-18(26)15-24(25)30/h16-25,28-30H,6-15H2,1-5H3/t17-,18+,19-,20-,21+,22+,23+,24-,25+,26+,27-/m1/s1. The van der Waals surface area contributed by atoms with Gasteiger partial charge in [-0.3, -0.25) is 0 Å². The molecule has 0 bridgehead atoms. The molecule has 0 amide bonds. The van der Waals surface area contributed by atoms with E-state index in [1.54, 1.807) is 0 Å². The molecule has 30 heavy (non-hydrogen) atoms. The molecule has 174 valence electrons. The lowest BCUT2D eigenvalue weighted by molar-refractivity contribution is -0.174. The van der Waals surface area contributed by atoms with Crippen molar-refractivity contribution in [1.29, 1.82) is 0 Å². The van der Waals surface area contributed by atoms with E-state index >= 15 is 0 Å². The van der Waals surface area contributed by atoms with Gasteiger partial charge >= 0.3 is 0 Å². The first-order valence-corrected chi connectivity index (χ1v) is 13.1. The van der Waals surface area contributed by atoms with Gasteiger partial charge in [-0.1, -0.05) is 34.6 Å². The predicted octanol–water partition coefficient (Wildman–Crippen LogP) is 5.41. The van der Waals surface area contributed by atoms with Gasteiger partial charge in [0, 0.05) is 0 Å². The van der Waals surface area contributed by atoms with Crippen LogP contribution < -0.4 is 0 Å². The molecular formula is C27H48O3. The minimum atomic E-state index is -0.181. The number of rotatable bonds is 5. The van der Waals surface area contributed by atoms with Crippen molar-refractivity contribution in [1.82, 2.24) is 0 Å². The predicted molar refractivity (Wildman–Crippen MR) is 122 cm³/mol. The van der Waals surface area contributed by atoms with Crippen molar-refractivity contribution in [3.05, 3.63) is 0 Å². The highest BCUT2D eigenvalue weighted by molar-refractivity contribution is 5.11. The van der Waals surface area contributed by atoms with Crippen molar-refractivity contribution < 1.29 is 15.3 Å². The first-order valence-electron chi connectivity index (χ1n) is 13.1. The van der Waals surface area contributed by atoms with Crippen LogP contribution in [-0.2, 0) is 0 Å². The summed E-state index contributed by atoms with van der Waals surface area (Å²) in [5, 5.41) is 31.9. The fourth-order valence-electron chi connectivity index (χ4n) is 9.14. The molecule has 3 N–H and O–H groups in total. The van der Waals surface area contributed by atoms with E-state index in [4.69, 9.17) is 0 Å². The molecule has 0 unspecified atom stereocenters. The van der Waals surface area contributed by atoms with Crippen LogP contribution in [-0.4, -0.2) is 33.6 Å². The lowest BCUT2D eigenvalue weighted by Crippen LogP contribution is -2.58. The van der Waals surface area contributed by atoms with E-state index in [1.165, 1.54) is 25.7 Å². The zero-order valence-corrected chi connectivity index (χ0v) is 20.2. The van der Waals surface area contributed by atoms with E-state index in [-0.39, 0.29) is 18.3 Å². The molecule has 0 aromatic carbocycles. The van der Waals surface area contributed by atoms with Gasteiger partial charge in [-0.15, -0.1) is 0 Å². The van der Waals surface area contributed by atoms with E-state index in [0.717, 1.165) is 44.4 Å². The van der Waals surface area contributed by atoms with Crippen LogP contribution in [0.2, 0.25) is 0 Å². The summed E-state index contributed by atoms with van der Waals surface area (Å²) >= 11 is 0. The van der Waals surface area contributed by atoms with Gasteiger partial charge in [-0.05, 0) is 116 Å². The summed E-state index contributed by atoms with van der Waals surface area (Å²) < 4.78 is 0. The molecule has 4 aliphatic rings. The van der Waals surface area contributed by atoms with Crippen molar-refractivity contribution >= 4 is 0 Å². The first kappa shape index (κ1) is 23.1. The van der Waals surface area contributed by atoms with Crippen LogP contribution in [0.3, 0.4) is 0 Å². The molecule has 0 radical (unpaired) electrons. The number of aliphatic hydroxyl groups excluding tert-OH is 3. The van der Waals surface area contributed by atoms with Crippen molar-refractivity contribution in [2.24, 2.45) is 52.3 Å². The van der Waals surface area contributed by atoms with Crippen molar-refractivity contribution in [2.45, 2.75) is 117 Å². The minimum Gasteiger partial charge on any atom is -0.393 e. The second-order valence-corrected chi connectivity index (χ2v) is 12.8. The minimum absolute atomic E-state index is 0.154. The van der Waals surface area contributed by atoms with Crippen LogP contribution >= 0.6 is 0 Å². The van der Waals surface area contributed by atoms with E-state index in [0.29, 0.717) is 46.3 Å². The van der Waals surface area contributed by atoms with Gasteiger partial charge < -0.3 is 15.3 Å². The van der Waals surface area contributed by atoms with Gasteiger partial charge in [-0.25, -0.2) is 0 Å². The monoisotopic (exact) mass is 420 g/mol. The molecule has 3 nitrogen and oxygen atoms in total. The molecule has 11 atom stereocenters. The molecule has 0 aromatic heterocycles. The molecule has 4 saturated carbocycles. The summed E-state index contributed by atoms with van der Waals surface area (Å²) in [7, 11) is 0. The Morgan fingerprint density at radius 1 is 0.833 bits per heavy atom. The maximum Gasteiger partial charge on any atom is 0.0577 e. The van der Waals surface area contributed by atoms with Crippen LogP contribution in [0.4, 0.5) is 0 Å². The highest BCUT2D eigenvalue weighted by atomic mass is 16.3. The zero-order chi connectivity index (χ0) is 21.8. The topological polar surface area (TPSA) is 60.7 Å². The average Bonchev–Trinajstić information content (AvgIpc) is 3.04. The third-order valence-corrected chi connectivity index (χ3v) is 11.1. The van der Waals surface area contributed by atoms with Gasteiger partial charge in [0.1, 0.15) is 0 Å². The van der Waals surface area contributed by atoms with Gasteiger partial charge in [0.2, 0.25) is 0 Å². The highest BCUT2D eigenvalue weighted by Gasteiger charge is 2.62. The molecule has 4 rings (SSSR count). The Kier molecular flexibility index (Phi) is 6.41. The summed E-state index contributed by atoms with van der Waals surface area (Å²) in [5.74, 6) is 3.97. The molecular weight excluding hydrogens is 372 g/mol. The molecule has 4 fully saturated rings. The number of fused-ring (bicyclic) bond motifs is 5. The average molecular weight is 421 g/mol. The van der Waals surface area contributed by atoms with Crippen molar-refractivity contribution in [2.75, 3.05) is 0 Å². The number of hydrogen-bond donors (Lipinski definition) is 3. The van der Waals surface area contributed by atoms with Crippen LogP contribution in [0, 0.1) is 52.3 Å². The summed E-state index contributed by atoms with van der Waals surface area (Å²) in [4.78, 5) is 0. The Morgan fingerprint density at radius 2 is 1.50 bits per heavy atom. The largest absolute Gasteiger partial charge is 0.393 e. The fourth-order valence-corrected chi connectivity index (χ4v) is 9.14. The van der Waals surface area contributed by atoms with Crippen LogP contribution in [0.1, 0.15) is 98.8 Å². The molecule has 0 heterocycles. The molecule has 0 aliphatic heterocycles. The van der Waals surface area contributed by atoms with E-state index in [9.17, 15) is 15.3 Å². The van der Waals surface area contributed by atoms with E-state index in [2.05, 4.69) is 34.6 Å². The first-order chi connectivity index (χ1) is 14.1. The molecule has 4 aliphatic carbocycles. The third kappa shape index (κ3) is 3.69. The van der Waals surface area contributed by atoms with Gasteiger partial charge in [-0.2, -0.15) is 0 Å². The second kappa shape index (κ2) is 8.34. The highest BCUT2D eigenvalue weighted by Crippen LogP contribution is 2.68. The lowest BCUT2D eigenvalue weighted by Gasteiger charge is -2.62. The summed E-state index contributed by atoms with van der Waals surface area (Å²) in [6.07, 6.45) is 10.6. The molecule has 0 saturated heterocycles. The normalized spacial score (nSPS) is 50.5. The Bertz CT molecular complexity index is 605. The quantitative estimate of drug-likeness (QED) is 0.557. The Labute approximate surface area is 185 Å². The summed E-state index contributed by atoms with van der Waals surface area (Å²) in [5.41, 5.74) is 0.664. The second-order valence-electron chi connectivity index (χ2n) is 12.8. The van der Waals surface area contributed by atoms with Crippen LogP contribution in [0.5, 0.6) is 0 Å². The number of aliphatic hydroxyl groups is 3. The maximum atomic E-state index is 11.4. The number of hydrogen-bond acceptors (Lipinski definition) is 3. The molecule has 3 heteroatoms. The van der Waals surface area contributed by atoms with Gasteiger partial charge in [0.25, 0.3) is 0 Å². The fraction of sp³-hybridized carbons (Fsp3) is 1.00. The van der Waals surface area contributed by atoms with E-state index < -0.39 is 0 Å². The van der Waals surface area contributed by atoms with Crippen LogP contribution in [0.25, 0.3) is 0 Å².